The molecule has 0 bridgehead atoms. The number of benzene rings is 1. The topological polar surface area (TPSA) is 139 Å². The molecule has 0 aliphatic carbocycles. The average molecular weight is 418 g/mol. The van der Waals surface area contributed by atoms with Gasteiger partial charge in [0, 0.05) is 17.6 Å². The van der Waals surface area contributed by atoms with Crippen LogP contribution in [0.5, 0.6) is 0 Å². The Hall–Kier alpha value is -3.50. The van der Waals surface area contributed by atoms with E-state index in [1.165, 1.54) is 23.1 Å². The summed E-state index contributed by atoms with van der Waals surface area (Å²) in [5.41, 5.74) is 0.0762. The van der Waals surface area contributed by atoms with Gasteiger partial charge in [0.05, 0.1) is 24.7 Å². The van der Waals surface area contributed by atoms with Crippen LogP contribution in [0.3, 0.4) is 0 Å². The van der Waals surface area contributed by atoms with Crippen molar-refractivity contribution in [1.82, 2.24) is 24.9 Å². The van der Waals surface area contributed by atoms with E-state index in [2.05, 4.69) is 15.5 Å². The van der Waals surface area contributed by atoms with Gasteiger partial charge in [-0.25, -0.2) is 4.79 Å². The number of aliphatic hydroxyl groups is 1. The number of amides is 1. The van der Waals surface area contributed by atoms with Gasteiger partial charge in [-0.2, -0.15) is 14.9 Å². The highest BCUT2D eigenvalue weighted by Gasteiger charge is 2.23. The molecule has 3 N–H and O–H groups in total. The predicted molar refractivity (Wildman–Crippen MR) is 103 cm³/mol. The third-order valence-electron chi connectivity index (χ3n) is 4.02. The molecule has 1 atom stereocenters. The molecule has 1 unspecified atom stereocenters. The second-order valence-corrected chi connectivity index (χ2v) is 6.52. The number of hydrogen-bond donors (Lipinski definition) is 3. The van der Waals surface area contributed by atoms with Crippen molar-refractivity contribution in [3.8, 4) is 16.9 Å². The summed E-state index contributed by atoms with van der Waals surface area (Å²) in [6.45, 7) is -0.826. The maximum Gasteiger partial charge on any atom is 0.328 e. The largest absolute Gasteiger partial charge is 0.480 e. The van der Waals surface area contributed by atoms with Crippen molar-refractivity contribution >= 4 is 23.5 Å². The summed E-state index contributed by atoms with van der Waals surface area (Å²) in [6.07, 6.45) is 2.94. The molecule has 1 amide bonds. The van der Waals surface area contributed by atoms with Crippen molar-refractivity contribution < 1.29 is 19.8 Å². The maximum atomic E-state index is 12.9. The number of rotatable bonds is 6. The number of halogens is 1. The second kappa shape index (κ2) is 8.25. The van der Waals surface area contributed by atoms with Gasteiger partial charge in [0.25, 0.3) is 11.5 Å². The van der Waals surface area contributed by atoms with Gasteiger partial charge in [0.2, 0.25) is 0 Å². The van der Waals surface area contributed by atoms with Crippen LogP contribution >= 0.6 is 11.6 Å². The van der Waals surface area contributed by atoms with E-state index in [9.17, 15) is 14.4 Å². The zero-order chi connectivity index (χ0) is 21.1. The van der Waals surface area contributed by atoms with Gasteiger partial charge in [-0.3, -0.25) is 14.3 Å². The number of carboxylic acids is 1. The molecule has 0 radical (unpaired) electrons. The molecule has 0 aliphatic rings. The summed E-state index contributed by atoms with van der Waals surface area (Å²) in [5.74, 6) is -2.38. The summed E-state index contributed by atoms with van der Waals surface area (Å²) >= 11 is 5.91. The van der Waals surface area contributed by atoms with E-state index >= 15 is 0 Å². The zero-order valence-corrected chi connectivity index (χ0v) is 15.9. The smallest absolute Gasteiger partial charge is 0.328 e. The fourth-order valence-corrected chi connectivity index (χ4v) is 2.66. The lowest BCUT2D eigenvalue weighted by molar-refractivity contribution is -0.140. The Kier molecular flexibility index (Phi) is 5.76. The fourth-order valence-electron chi connectivity index (χ4n) is 2.53. The van der Waals surface area contributed by atoms with Gasteiger partial charge in [0.1, 0.15) is 11.3 Å². The van der Waals surface area contributed by atoms with Crippen molar-refractivity contribution in [1.29, 1.82) is 0 Å². The van der Waals surface area contributed by atoms with Gasteiger partial charge >= 0.3 is 5.97 Å². The molecule has 2 aromatic heterocycles. The molecule has 0 saturated carbocycles. The number of nitrogens with one attached hydrogen (secondary N) is 1. The van der Waals surface area contributed by atoms with E-state index in [1.54, 1.807) is 31.3 Å². The molecule has 3 rings (SSSR count). The predicted octanol–water partition coefficient (Wildman–Crippen LogP) is 0.462. The Morgan fingerprint density at radius 3 is 2.52 bits per heavy atom. The van der Waals surface area contributed by atoms with Crippen molar-refractivity contribution in [3.63, 3.8) is 0 Å². The number of carbonyl (C=O) groups excluding carboxylic acids is 1. The standard InChI is InChI=1S/C18H16ClN5O5/c1-23-8-12(7-20-23)24-17(27)13(16(26)21-15(9-25)18(28)29)6-14(22-24)10-2-4-11(19)5-3-10/h2-8,15,25H,9H2,1H3,(H,21,26)(H,28,29). The summed E-state index contributed by atoms with van der Waals surface area (Å²) in [7, 11) is 1.66. The van der Waals surface area contributed by atoms with Crippen molar-refractivity contribution in [3.05, 3.63) is 63.7 Å². The number of aryl methyl sites for hydroxylation is 1. The first-order valence-corrected chi connectivity index (χ1v) is 8.72. The molecule has 0 aliphatic heterocycles. The van der Waals surface area contributed by atoms with Crippen molar-refractivity contribution in [2.24, 2.45) is 7.05 Å². The van der Waals surface area contributed by atoms with Gasteiger partial charge in [-0.15, -0.1) is 0 Å². The fraction of sp³-hybridized carbons (Fsp3) is 0.167. The normalized spacial score (nSPS) is 11.8. The molecule has 2 heterocycles. The minimum Gasteiger partial charge on any atom is -0.480 e. The Labute approximate surface area is 169 Å². The molecule has 0 fully saturated rings. The van der Waals surface area contributed by atoms with E-state index in [1.807, 2.05) is 0 Å². The number of carboxylic acid groups (broad SMARTS) is 1. The summed E-state index contributed by atoms with van der Waals surface area (Å²) in [6, 6.07) is 6.29. The van der Waals surface area contributed by atoms with Crippen LogP contribution in [0, 0.1) is 0 Å². The monoisotopic (exact) mass is 417 g/mol. The van der Waals surface area contributed by atoms with Crippen LogP contribution in [-0.2, 0) is 11.8 Å². The number of nitrogens with zero attached hydrogens (tertiary/aromatic N) is 4. The van der Waals surface area contributed by atoms with Gasteiger partial charge in [0.15, 0.2) is 6.04 Å². The highest BCUT2D eigenvalue weighted by Crippen LogP contribution is 2.20. The lowest BCUT2D eigenvalue weighted by Crippen LogP contribution is -2.45. The van der Waals surface area contributed by atoms with Gasteiger partial charge < -0.3 is 15.5 Å². The van der Waals surface area contributed by atoms with E-state index in [0.29, 0.717) is 16.3 Å². The highest BCUT2D eigenvalue weighted by molar-refractivity contribution is 6.30. The SMILES string of the molecule is Cn1cc(-n2nc(-c3ccc(Cl)cc3)cc(C(=O)NC(CO)C(=O)O)c2=O)cn1. The third kappa shape index (κ3) is 4.33. The van der Waals surface area contributed by atoms with Crippen LogP contribution < -0.4 is 10.9 Å². The Morgan fingerprint density at radius 1 is 1.28 bits per heavy atom. The van der Waals surface area contributed by atoms with Crippen LogP contribution in [-0.4, -0.2) is 54.3 Å². The molecule has 11 heteroatoms. The number of hydrogen-bond acceptors (Lipinski definition) is 6. The third-order valence-corrected chi connectivity index (χ3v) is 4.27. The highest BCUT2D eigenvalue weighted by atomic mass is 35.5. The minimum absolute atomic E-state index is 0.283. The van der Waals surface area contributed by atoms with E-state index in [-0.39, 0.29) is 11.3 Å². The van der Waals surface area contributed by atoms with Crippen molar-refractivity contribution in [2.75, 3.05) is 6.61 Å². The molecular formula is C18H16ClN5O5. The van der Waals surface area contributed by atoms with E-state index < -0.39 is 30.1 Å². The van der Waals surface area contributed by atoms with E-state index in [0.717, 1.165) is 4.68 Å². The molecule has 1 aromatic carbocycles. The molecule has 0 spiro atoms. The first-order valence-electron chi connectivity index (χ1n) is 8.34. The lowest BCUT2D eigenvalue weighted by atomic mass is 10.1. The van der Waals surface area contributed by atoms with Crippen LogP contribution in [0.2, 0.25) is 5.02 Å². The van der Waals surface area contributed by atoms with Crippen molar-refractivity contribution in [2.45, 2.75) is 6.04 Å². The Balaban J connectivity index is 2.15. The van der Waals surface area contributed by atoms with Gasteiger partial charge in [-0.05, 0) is 18.2 Å². The number of carbonyl (C=O) groups is 2. The molecule has 0 saturated heterocycles. The molecule has 10 nitrogen and oxygen atoms in total. The quantitative estimate of drug-likeness (QED) is 0.529. The summed E-state index contributed by atoms with van der Waals surface area (Å²) in [4.78, 5) is 36.6. The average Bonchev–Trinajstić information content (AvgIpc) is 3.12. The Bertz CT molecular complexity index is 1120. The van der Waals surface area contributed by atoms with E-state index in [4.69, 9.17) is 21.8 Å². The van der Waals surface area contributed by atoms with Crippen LogP contribution in [0.4, 0.5) is 0 Å². The molecule has 29 heavy (non-hydrogen) atoms. The molecule has 3 aromatic rings. The first kappa shape index (κ1) is 20.2. The molecule has 150 valence electrons. The number of aliphatic hydroxyl groups excluding tert-OH is 1. The maximum absolute atomic E-state index is 12.9. The van der Waals surface area contributed by atoms with Crippen LogP contribution in [0.15, 0.2) is 47.5 Å². The summed E-state index contributed by atoms with van der Waals surface area (Å²) < 4.78 is 2.46. The number of aromatic nitrogens is 4. The zero-order valence-electron chi connectivity index (χ0n) is 15.1. The van der Waals surface area contributed by atoms with Gasteiger partial charge in [-0.1, -0.05) is 23.7 Å². The first-order chi connectivity index (χ1) is 13.8. The second-order valence-electron chi connectivity index (χ2n) is 6.09. The summed E-state index contributed by atoms with van der Waals surface area (Å²) in [5, 5.41) is 29.1. The Morgan fingerprint density at radius 2 is 1.97 bits per heavy atom. The molecular weight excluding hydrogens is 402 g/mol. The van der Waals surface area contributed by atoms with Crippen LogP contribution in [0.25, 0.3) is 16.9 Å². The van der Waals surface area contributed by atoms with Crippen LogP contribution in [0.1, 0.15) is 10.4 Å². The lowest BCUT2D eigenvalue weighted by Gasteiger charge is -2.13. The number of aliphatic carboxylic acids is 1. The minimum atomic E-state index is -1.55.